The molecule has 1 heterocycles. The first-order valence-corrected chi connectivity index (χ1v) is 8.11. The molecule has 0 saturated carbocycles. The third-order valence-electron chi connectivity index (χ3n) is 3.16. The quantitative estimate of drug-likeness (QED) is 0.765. The number of nitrogens with zero attached hydrogens (tertiary/aromatic N) is 1. The molecular formula is C17H20INO3. The highest BCUT2D eigenvalue weighted by Gasteiger charge is 2.21. The lowest BCUT2D eigenvalue weighted by atomic mass is 10.1. The van der Waals surface area contributed by atoms with Gasteiger partial charge < -0.3 is 9.84 Å². The zero-order valence-electron chi connectivity index (χ0n) is 13.0. The molecule has 118 valence electrons. The average Bonchev–Trinajstić information content (AvgIpc) is 2.76. The minimum atomic E-state index is -0.640. The minimum absolute atomic E-state index is 0.415. The molecule has 1 N–H and O–H groups in total. The predicted octanol–water partition coefficient (Wildman–Crippen LogP) is 4.28. The maximum Gasteiger partial charge on any atom is 0.419 e. The molecule has 1 atom stereocenters. The molecule has 5 heteroatoms. The summed E-state index contributed by atoms with van der Waals surface area (Å²) in [7, 11) is 0. The van der Waals surface area contributed by atoms with E-state index in [1.165, 1.54) is 4.57 Å². The molecule has 4 nitrogen and oxygen atoms in total. The fourth-order valence-corrected chi connectivity index (χ4v) is 2.41. The molecule has 0 radical (unpaired) electrons. The number of aromatic nitrogens is 1. The first-order valence-electron chi connectivity index (χ1n) is 7.04. The number of hydrogen-bond donors (Lipinski definition) is 1. The van der Waals surface area contributed by atoms with Gasteiger partial charge in [0.1, 0.15) is 5.60 Å². The van der Waals surface area contributed by atoms with E-state index in [9.17, 15) is 9.90 Å². The van der Waals surface area contributed by atoms with Gasteiger partial charge in [0.2, 0.25) is 0 Å². The molecule has 2 aromatic rings. The van der Waals surface area contributed by atoms with Crippen molar-refractivity contribution in [3.05, 3.63) is 46.2 Å². The number of aliphatic hydroxyl groups excluding tert-OH is 1. The van der Waals surface area contributed by atoms with Crippen LogP contribution in [0.5, 0.6) is 0 Å². The first-order chi connectivity index (χ1) is 10.2. The van der Waals surface area contributed by atoms with Crippen LogP contribution in [0.2, 0.25) is 0 Å². The number of ether oxygens (including phenoxy) is 1. The summed E-state index contributed by atoms with van der Waals surface area (Å²) in [6.07, 6.45) is 1.09. The van der Waals surface area contributed by atoms with Crippen molar-refractivity contribution in [3.8, 4) is 0 Å². The highest BCUT2D eigenvalue weighted by Crippen LogP contribution is 2.25. The van der Waals surface area contributed by atoms with E-state index in [1.807, 2.05) is 67.6 Å². The van der Waals surface area contributed by atoms with Gasteiger partial charge in [-0.3, -0.25) is 4.57 Å². The van der Waals surface area contributed by atoms with Gasteiger partial charge in [-0.25, -0.2) is 4.79 Å². The Morgan fingerprint density at radius 3 is 2.64 bits per heavy atom. The maximum atomic E-state index is 12.4. The second-order valence-corrected chi connectivity index (χ2v) is 7.57. The lowest BCUT2D eigenvalue weighted by Crippen LogP contribution is -2.26. The van der Waals surface area contributed by atoms with Gasteiger partial charge in [-0.2, -0.15) is 0 Å². The largest absolute Gasteiger partial charge is 0.443 e. The minimum Gasteiger partial charge on any atom is -0.443 e. The van der Waals surface area contributed by atoms with E-state index in [-0.39, 0.29) is 0 Å². The van der Waals surface area contributed by atoms with E-state index in [2.05, 4.69) is 6.58 Å². The van der Waals surface area contributed by atoms with Crippen molar-refractivity contribution in [1.82, 2.24) is 4.57 Å². The van der Waals surface area contributed by atoms with Crippen LogP contribution in [-0.4, -0.2) is 27.5 Å². The number of benzene rings is 1. The van der Waals surface area contributed by atoms with Crippen molar-refractivity contribution in [2.45, 2.75) is 38.9 Å². The molecule has 0 spiro atoms. The monoisotopic (exact) mass is 413 g/mol. The van der Waals surface area contributed by atoms with Gasteiger partial charge in [-0.15, -0.1) is 0 Å². The van der Waals surface area contributed by atoms with E-state index in [1.54, 1.807) is 6.20 Å². The number of halogens is 1. The van der Waals surface area contributed by atoms with Crippen molar-refractivity contribution < 1.29 is 14.6 Å². The van der Waals surface area contributed by atoms with Crippen LogP contribution in [0, 0.1) is 0 Å². The SMILES string of the molecule is C=C(I)C(O)Cc1cn(C(=O)OC(C)(C)C)c2ccccc12. The van der Waals surface area contributed by atoms with Gasteiger partial charge in [0.15, 0.2) is 0 Å². The zero-order chi connectivity index (χ0) is 16.5. The maximum absolute atomic E-state index is 12.4. The third kappa shape index (κ3) is 3.89. The summed E-state index contributed by atoms with van der Waals surface area (Å²) in [5.41, 5.74) is 1.11. The summed E-state index contributed by atoms with van der Waals surface area (Å²) in [4.78, 5) is 12.4. The lowest BCUT2D eigenvalue weighted by Gasteiger charge is -2.19. The van der Waals surface area contributed by atoms with Gasteiger partial charge in [-0.05, 0) is 55.0 Å². The van der Waals surface area contributed by atoms with E-state index in [0.717, 1.165) is 16.5 Å². The van der Waals surface area contributed by atoms with Gasteiger partial charge in [0.05, 0.1) is 11.6 Å². The molecule has 0 fully saturated rings. The molecule has 0 aliphatic rings. The van der Waals surface area contributed by atoms with Gasteiger partial charge in [0, 0.05) is 21.6 Å². The summed E-state index contributed by atoms with van der Waals surface area (Å²) >= 11 is 2.01. The highest BCUT2D eigenvalue weighted by atomic mass is 127. The first kappa shape index (κ1) is 17.0. The van der Waals surface area contributed by atoms with E-state index in [4.69, 9.17) is 4.74 Å². The fourth-order valence-electron chi connectivity index (χ4n) is 2.19. The van der Waals surface area contributed by atoms with Crippen LogP contribution in [-0.2, 0) is 11.2 Å². The molecule has 2 rings (SSSR count). The van der Waals surface area contributed by atoms with Crippen molar-refractivity contribution in [2.75, 3.05) is 0 Å². The zero-order valence-corrected chi connectivity index (χ0v) is 15.1. The summed E-state index contributed by atoms with van der Waals surface area (Å²) in [6.45, 7) is 9.26. The predicted molar refractivity (Wildman–Crippen MR) is 96.4 cm³/mol. The molecule has 1 aromatic carbocycles. The van der Waals surface area contributed by atoms with Crippen LogP contribution in [0.3, 0.4) is 0 Å². The number of hydrogen-bond acceptors (Lipinski definition) is 3. The van der Waals surface area contributed by atoms with Crippen molar-refractivity contribution in [2.24, 2.45) is 0 Å². The van der Waals surface area contributed by atoms with Gasteiger partial charge >= 0.3 is 6.09 Å². The lowest BCUT2D eigenvalue weighted by molar-refractivity contribution is 0.0544. The highest BCUT2D eigenvalue weighted by molar-refractivity contribution is 14.1. The van der Waals surface area contributed by atoms with Crippen molar-refractivity contribution >= 4 is 39.6 Å². The van der Waals surface area contributed by atoms with Crippen LogP contribution in [0.25, 0.3) is 10.9 Å². The third-order valence-corrected chi connectivity index (χ3v) is 3.88. The standard InChI is InChI=1S/C17H20INO3/c1-11(18)15(20)9-12-10-19(16(21)22-17(2,3)4)14-8-6-5-7-13(12)14/h5-8,10,15,20H,1,9H2,2-4H3. The Bertz CT molecular complexity index is 712. The molecule has 22 heavy (non-hydrogen) atoms. The Kier molecular flexibility index (Phi) is 4.97. The number of rotatable bonds is 3. The second kappa shape index (κ2) is 6.42. The van der Waals surface area contributed by atoms with Gasteiger partial charge in [0.25, 0.3) is 0 Å². The Morgan fingerprint density at radius 1 is 1.41 bits per heavy atom. The van der Waals surface area contributed by atoms with Crippen LogP contribution in [0.1, 0.15) is 26.3 Å². The number of aliphatic hydroxyl groups is 1. The van der Waals surface area contributed by atoms with Crippen molar-refractivity contribution in [3.63, 3.8) is 0 Å². The molecule has 0 aliphatic carbocycles. The average molecular weight is 413 g/mol. The number of carbonyl (C=O) groups is 1. The number of para-hydroxylation sites is 1. The van der Waals surface area contributed by atoms with Crippen molar-refractivity contribution in [1.29, 1.82) is 0 Å². The van der Waals surface area contributed by atoms with E-state index in [0.29, 0.717) is 10.0 Å². The van der Waals surface area contributed by atoms with Crippen LogP contribution < -0.4 is 0 Å². The Morgan fingerprint density at radius 2 is 2.05 bits per heavy atom. The Hall–Kier alpha value is -1.34. The molecule has 1 unspecified atom stereocenters. The fraction of sp³-hybridized carbons (Fsp3) is 0.353. The molecule has 0 bridgehead atoms. The molecule has 0 saturated heterocycles. The van der Waals surface area contributed by atoms with Crippen LogP contribution in [0.4, 0.5) is 4.79 Å². The Labute approximate surface area is 143 Å². The summed E-state index contributed by atoms with van der Waals surface area (Å²) in [5, 5.41) is 11.0. The van der Waals surface area contributed by atoms with Gasteiger partial charge in [-0.1, -0.05) is 24.8 Å². The molecule has 0 aliphatic heterocycles. The normalized spacial score (nSPS) is 13.1. The number of fused-ring (bicyclic) bond motifs is 1. The smallest absolute Gasteiger partial charge is 0.419 e. The molecular weight excluding hydrogens is 393 g/mol. The summed E-state index contributed by atoms with van der Waals surface area (Å²) in [5.74, 6) is 0. The van der Waals surface area contributed by atoms with Crippen LogP contribution >= 0.6 is 22.6 Å². The topological polar surface area (TPSA) is 51.5 Å². The van der Waals surface area contributed by atoms with Crippen LogP contribution in [0.15, 0.2) is 40.6 Å². The van der Waals surface area contributed by atoms with E-state index >= 15 is 0 Å². The molecule has 0 amide bonds. The Balaban J connectivity index is 2.44. The summed E-state index contributed by atoms with van der Waals surface area (Å²) < 4.78 is 7.61. The second-order valence-electron chi connectivity index (χ2n) is 6.19. The molecule has 1 aromatic heterocycles. The summed E-state index contributed by atoms with van der Waals surface area (Å²) in [6, 6.07) is 7.60. The van der Waals surface area contributed by atoms with E-state index < -0.39 is 17.8 Å². The number of carbonyl (C=O) groups excluding carboxylic acids is 1.